The van der Waals surface area contributed by atoms with E-state index in [1.807, 2.05) is 13.8 Å². The Morgan fingerprint density at radius 1 is 0.537 bits per heavy atom. The topological polar surface area (TPSA) is 303 Å². The summed E-state index contributed by atoms with van der Waals surface area (Å²) in [5, 5.41) is 19.3. The summed E-state index contributed by atoms with van der Waals surface area (Å²) in [5.41, 5.74) is -1.24. The molecule has 0 aliphatic carbocycles. The molecule has 0 amide bonds. The molecule has 5 fully saturated rings. The summed E-state index contributed by atoms with van der Waals surface area (Å²) in [6.45, 7) is 30.7. The molecule has 0 spiro atoms. The highest BCUT2D eigenvalue weighted by molar-refractivity contribution is 5.87. The molecule has 0 bridgehead atoms. The van der Waals surface area contributed by atoms with Gasteiger partial charge in [0, 0.05) is 73.3 Å². The van der Waals surface area contributed by atoms with Gasteiger partial charge < -0.3 is 57.6 Å². The molecule has 7 atom stereocenters. The van der Waals surface area contributed by atoms with Gasteiger partial charge in [-0.2, -0.15) is 0 Å². The maximum Gasteiger partial charge on any atom is 0.333 e. The van der Waals surface area contributed by atoms with Gasteiger partial charge in [0.05, 0.1) is 18.6 Å². The van der Waals surface area contributed by atoms with Crippen LogP contribution in [-0.4, -0.2) is 144 Å². The highest BCUT2D eigenvalue weighted by Crippen LogP contribution is 2.35. The number of carbonyl (C=O) groups is 10. The van der Waals surface area contributed by atoms with Crippen molar-refractivity contribution >= 4 is 59.7 Å². The van der Waals surface area contributed by atoms with Crippen LogP contribution < -0.4 is 0 Å². The van der Waals surface area contributed by atoms with Crippen LogP contribution in [0.1, 0.15) is 177 Å². The number of hydrogen-bond acceptors (Lipinski definition) is 22. The molecule has 0 radical (unpaired) electrons. The second-order valence-electron chi connectivity index (χ2n) is 22.1. The molecule has 2 N–H and O–H groups in total. The molecule has 7 unspecified atom stereocenters. The van der Waals surface area contributed by atoms with Gasteiger partial charge in [0.15, 0.2) is 0 Å². The quantitative estimate of drug-likeness (QED) is 0.0711. The Balaban J connectivity index is 0.000000514. The van der Waals surface area contributed by atoms with E-state index in [-0.39, 0.29) is 85.6 Å². The third-order valence-electron chi connectivity index (χ3n) is 13.1. The fourth-order valence-electron chi connectivity index (χ4n) is 8.31. The van der Waals surface area contributed by atoms with Gasteiger partial charge in [-0.1, -0.05) is 46.7 Å². The van der Waals surface area contributed by atoms with Crippen LogP contribution in [0.3, 0.4) is 0 Å². The van der Waals surface area contributed by atoms with E-state index in [1.54, 1.807) is 41.5 Å². The second-order valence-corrected chi connectivity index (χ2v) is 22.1. The molecule has 5 rings (SSSR count). The fourth-order valence-corrected chi connectivity index (χ4v) is 8.31. The zero-order valence-electron chi connectivity index (χ0n) is 49.4. The summed E-state index contributed by atoms with van der Waals surface area (Å²) in [6, 6.07) is 0. The summed E-state index contributed by atoms with van der Waals surface area (Å²) >= 11 is 0. The van der Waals surface area contributed by atoms with Crippen LogP contribution in [0.4, 0.5) is 0 Å². The molecule has 5 aliphatic heterocycles. The predicted octanol–water partition coefficient (Wildman–Crippen LogP) is 7.70. The Hall–Kier alpha value is -6.68. The van der Waals surface area contributed by atoms with Crippen LogP contribution in [0.2, 0.25) is 0 Å². The predicted molar refractivity (Wildman–Crippen MR) is 296 cm³/mol. The highest BCUT2D eigenvalue weighted by Gasteiger charge is 2.43. The van der Waals surface area contributed by atoms with Gasteiger partial charge in [0.25, 0.3) is 0 Å². The van der Waals surface area contributed by atoms with Gasteiger partial charge >= 0.3 is 59.7 Å². The fraction of sp³-hybridized carbons (Fsp3) is 0.667. The normalized spacial score (nSPS) is 22.2. The number of aliphatic hydroxyl groups excluding tert-OH is 2. The smallest absolute Gasteiger partial charge is 0.333 e. The number of cyclic esters (lactones) is 5. The molecule has 0 saturated carbocycles. The number of rotatable bonds is 19. The molecular weight excluding hydrogens is 1070 g/mol. The van der Waals surface area contributed by atoms with Gasteiger partial charge in [-0.15, -0.1) is 0 Å². The van der Waals surface area contributed by atoms with Crippen molar-refractivity contribution in [3.63, 3.8) is 0 Å². The Bertz CT molecular complexity index is 2210. The van der Waals surface area contributed by atoms with Crippen molar-refractivity contribution in [2.24, 2.45) is 5.41 Å². The van der Waals surface area contributed by atoms with E-state index >= 15 is 0 Å². The van der Waals surface area contributed by atoms with E-state index in [2.05, 4.69) is 32.9 Å². The molecule has 22 heteroatoms. The first-order valence-corrected chi connectivity index (χ1v) is 27.8. The molecule has 5 aliphatic rings. The van der Waals surface area contributed by atoms with Crippen LogP contribution in [0.25, 0.3) is 0 Å². The number of esters is 10. The van der Waals surface area contributed by atoms with Gasteiger partial charge in [-0.25, -0.2) is 24.0 Å². The molecule has 82 heavy (non-hydrogen) atoms. The van der Waals surface area contributed by atoms with E-state index in [9.17, 15) is 58.2 Å². The molecule has 0 aromatic heterocycles. The first kappa shape index (κ1) is 73.3. The average molecular weight is 1160 g/mol. The largest absolute Gasteiger partial charge is 0.462 e. The molecule has 0 aromatic rings. The lowest BCUT2D eigenvalue weighted by molar-refractivity contribution is -0.177. The van der Waals surface area contributed by atoms with Crippen molar-refractivity contribution in [2.75, 3.05) is 19.8 Å². The third-order valence-corrected chi connectivity index (χ3v) is 13.1. The molecule has 22 nitrogen and oxygen atoms in total. The zero-order valence-corrected chi connectivity index (χ0v) is 49.4. The average Bonchev–Trinajstić information content (AvgIpc) is 3.91. The van der Waals surface area contributed by atoms with E-state index in [0.717, 1.165) is 95.3 Å². The van der Waals surface area contributed by atoms with Crippen molar-refractivity contribution in [2.45, 2.75) is 231 Å². The van der Waals surface area contributed by atoms with Gasteiger partial charge in [-0.3, -0.25) is 24.0 Å². The first-order valence-electron chi connectivity index (χ1n) is 27.8. The minimum Gasteiger partial charge on any atom is -0.462 e. The maximum absolute atomic E-state index is 11.5. The summed E-state index contributed by atoms with van der Waals surface area (Å²) in [4.78, 5) is 111. The summed E-state index contributed by atoms with van der Waals surface area (Å²) in [5.74, 6) is -3.64. The molecule has 5 saturated heterocycles. The first-order chi connectivity index (χ1) is 38.3. The number of carbonyl (C=O) groups excluding carboxylic acids is 10. The van der Waals surface area contributed by atoms with Crippen molar-refractivity contribution in [1.82, 2.24) is 0 Å². The minimum atomic E-state index is -0.816. The number of ether oxygens (including phenoxy) is 10. The lowest BCUT2D eigenvalue weighted by atomic mass is 9.86. The molecule has 0 aromatic carbocycles. The minimum absolute atomic E-state index is 0.0975. The maximum atomic E-state index is 11.5. The zero-order chi connectivity index (χ0) is 62.2. The molecular formula is C60H90O22. The van der Waals surface area contributed by atoms with E-state index in [1.165, 1.54) is 0 Å². The Morgan fingerprint density at radius 3 is 1.30 bits per heavy atom. The van der Waals surface area contributed by atoms with Crippen LogP contribution >= 0.6 is 0 Å². The second kappa shape index (κ2) is 37.4. The lowest BCUT2D eigenvalue weighted by Crippen LogP contribution is -2.43. The van der Waals surface area contributed by atoms with Crippen LogP contribution in [0.15, 0.2) is 62.3 Å². The monoisotopic (exact) mass is 1160 g/mol. The van der Waals surface area contributed by atoms with Gasteiger partial charge in [0.1, 0.15) is 61.5 Å². The van der Waals surface area contributed by atoms with E-state index in [0.29, 0.717) is 56.1 Å². The lowest BCUT2D eigenvalue weighted by Gasteiger charge is -2.32. The Labute approximate surface area is 482 Å². The SMILES string of the molecule is C=C(C)C(=O)OC(C)(C)C1CCCCC(=O)O1.C=C(C)C(=O)OCC(O)CC1CCCCC(=O)O1.C=CC(=O)OC(C)(C)C1CCCCC(=O)O1.C=CC(=O)OCC(O)CC1CCCCC(=O)O1.C=CC(=O)OCC1OC(=O)CC1(C)C. The van der Waals surface area contributed by atoms with Gasteiger partial charge in [0.2, 0.25) is 0 Å². The number of aliphatic hydroxyl groups is 2. The summed E-state index contributed by atoms with van der Waals surface area (Å²) in [7, 11) is 0. The molecule has 462 valence electrons. The van der Waals surface area contributed by atoms with Crippen molar-refractivity contribution in [3.8, 4) is 0 Å². The van der Waals surface area contributed by atoms with Crippen molar-refractivity contribution in [1.29, 1.82) is 0 Å². The van der Waals surface area contributed by atoms with Crippen molar-refractivity contribution < 1.29 is 106 Å². The summed E-state index contributed by atoms with van der Waals surface area (Å²) < 4.78 is 50.8. The number of hydrogen-bond donors (Lipinski definition) is 2. The van der Waals surface area contributed by atoms with E-state index in [4.69, 9.17) is 47.4 Å². The third kappa shape index (κ3) is 30.9. The van der Waals surface area contributed by atoms with Gasteiger partial charge in [-0.05, 0) is 119 Å². The van der Waals surface area contributed by atoms with Crippen LogP contribution in [-0.2, 0) is 95.3 Å². The summed E-state index contributed by atoms with van der Waals surface area (Å²) in [6.07, 6.45) is 12.6. The molecule has 5 heterocycles. The Morgan fingerprint density at radius 2 is 0.915 bits per heavy atom. The highest BCUT2D eigenvalue weighted by atomic mass is 16.6. The van der Waals surface area contributed by atoms with Crippen molar-refractivity contribution in [3.05, 3.63) is 62.3 Å². The van der Waals surface area contributed by atoms with E-state index < -0.39 is 53.3 Å². The Kier molecular flexibility index (Phi) is 33.5. The van der Waals surface area contributed by atoms with Crippen LogP contribution in [0, 0.1) is 5.41 Å². The standard InChI is InChI=1S/C13H20O5.C13H20O4.C12H18O5.C12H18O4.C10H14O4/c1-9(2)13(16)17-8-10(14)7-11-5-3-4-6-12(15)18-11;1-9(2)12(15)17-13(3,4)10-7-5-6-8-11(14)16-10;1-2-11(14)16-8-9(13)7-10-5-3-4-6-12(15)17-10;1-4-10(13)16-12(2,3)9-7-5-6-8-11(14)15-9;1-4-8(11)13-6-7-10(2,3)5-9(12)14-7/h10-11,14H,1,3-8H2,2H3;10H,1,5-8H2,2-4H3;2,9-10,13H,1,3-8H2;4,9H,1,5-8H2,2-3H3;4,7H,1,5-6H2,2-3H3. The van der Waals surface area contributed by atoms with Crippen LogP contribution in [0.5, 0.6) is 0 Å².